The Morgan fingerprint density at radius 3 is 2.78 bits per heavy atom. The number of nitrogens with zero attached hydrogens (tertiary/aromatic N) is 1. The molecular weight excluding hydrogens is 368 g/mol. The lowest BCUT2D eigenvalue weighted by molar-refractivity contribution is -0.194. The molecule has 0 saturated heterocycles. The molecule has 2 unspecified atom stereocenters. The zero-order valence-corrected chi connectivity index (χ0v) is 16.7. The highest BCUT2D eigenvalue weighted by Crippen LogP contribution is 2.51. The summed E-state index contributed by atoms with van der Waals surface area (Å²) in [5.41, 5.74) is -0.702. The molecule has 1 saturated carbocycles. The molecule has 1 aliphatic carbocycles. The van der Waals surface area contributed by atoms with Gasteiger partial charge in [0.05, 0.1) is 18.2 Å². The summed E-state index contributed by atoms with van der Waals surface area (Å²) in [5.74, 6) is -0.429. The molecule has 0 radical (unpaired) electrons. The van der Waals surface area contributed by atoms with Crippen LogP contribution in [0.3, 0.4) is 0 Å². The van der Waals surface area contributed by atoms with Crippen LogP contribution in [0.15, 0.2) is 21.2 Å². The number of carboxylic acids is 1. The van der Waals surface area contributed by atoms with E-state index in [1.54, 1.807) is 20.8 Å². The summed E-state index contributed by atoms with van der Waals surface area (Å²) < 4.78 is 11.3. The molecule has 27 heavy (non-hydrogen) atoms. The fourth-order valence-corrected chi connectivity index (χ4v) is 4.20. The van der Waals surface area contributed by atoms with Crippen LogP contribution in [-0.4, -0.2) is 40.2 Å². The van der Waals surface area contributed by atoms with Gasteiger partial charge in [0, 0.05) is 29.4 Å². The summed E-state index contributed by atoms with van der Waals surface area (Å²) >= 11 is 1.53. The summed E-state index contributed by atoms with van der Waals surface area (Å²) in [6, 6.07) is 1.89. The lowest BCUT2D eigenvalue weighted by atomic mass is 9.54. The van der Waals surface area contributed by atoms with Crippen LogP contribution in [-0.2, 0) is 20.7 Å². The average molecular weight is 392 g/mol. The Bertz CT molecular complexity index is 842. The molecule has 0 spiro atoms. The number of aromatic nitrogens is 1. The SMILES string of the molecule is CCOC1CC(NC(=O)Cc2nc(-c3ccsc3)oc2C)(C(=O)O)C1(C)C. The van der Waals surface area contributed by atoms with Gasteiger partial charge in [0.2, 0.25) is 11.8 Å². The number of hydrogen-bond acceptors (Lipinski definition) is 6. The number of rotatable bonds is 7. The second-order valence-electron chi connectivity index (χ2n) is 7.34. The van der Waals surface area contributed by atoms with Crippen LogP contribution < -0.4 is 5.32 Å². The van der Waals surface area contributed by atoms with Crippen LogP contribution in [0.2, 0.25) is 0 Å². The molecule has 0 aliphatic heterocycles. The maximum Gasteiger partial charge on any atom is 0.330 e. The van der Waals surface area contributed by atoms with E-state index >= 15 is 0 Å². The number of carbonyl (C=O) groups excluding carboxylic acids is 1. The van der Waals surface area contributed by atoms with Crippen LogP contribution in [0.5, 0.6) is 0 Å². The first-order valence-corrected chi connectivity index (χ1v) is 9.80. The second kappa shape index (κ2) is 7.09. The van der Waals surface area contributed by atoms with Gasteiger partial charge in [-0.2, -0.15) is 11.3 Å². The van der Waals surface area contributed by atoms with Gasteiger partial charge in [0.25, 0.3) is 0 Å². The van der Waals surface area contributed by atoms with Crippen LogP contribution in [0.4, 0.5) is 0 Å². The second-order valence-corrected chi connectivity index (χ2v) is 8.12. The monoisotopic (exact) mass is 392 g/mol. The first kappa shape index (κ1) is 19.6. The van der Waals surface area contributed by atoms with E-state index in [0.29, 0.717) is 24.0 Å². The minimum absolute atomic E-state index is 0.0378. The quantitative estimate of drug-likeness (QED) is 0.751. The molecular formula is C19H24N2O5S. The van der Waals surface area contributed by atoms with E-state index in [1.807, 2.05) is 23.8 Å². The lowest BCUT2D eigenvalue weighted by Gasteiger charge is -2.58. The van der Waals surface area contributed by atoms with Crippen molar-refractivity contribution in [3.8, 4) is 11.5 Å². The van der Waals surface area contributed by atoms with Gasteiger partial charge in [-0.15, -0.1) is 0 Å². The van der Waals surface area contributed by atoms with Gasteiger partial charge in [-0.25, -0.2) is 9.78 Å². The van der Waals surface area contributed by atoms with Crippen molar-refractivity contribution in [2.45, 2.75) is 52.2 Å². The summed E-state index contributed by atoms with van der Waals surface area (Å²) in [7, 11) is 0. The molecule has 2 heterocycles. The highest BCUT2D eigenvalue weighted by atomic mass is 32.1. The molecule has 2 aromatic heterocycles. The Balaban J connectivity index is 1.74. The number of oxazole rings is 1. The number of hydrogen-bond donors (Lipinski definition) is 2. The Kier molecular flexibility index (Phi) is 5.14. The largest absolute Gasteiger partial charge is 0.479 e. The predicted molar refractivity (Wildman–Crippen MR) is 101 cm³/mol. The van der Waals surface area contributed by atoms with Crippen LogP contribution >= 0.6 is 11.3 Å². The third-order valence-corrected chi connectivity index (χ3v) is 6.15. The maximum absolute atomic E-state index is 12.6. The number of aryl methyl sites for hydroxylation is 1. The third kappa shape index (κ3) is 3.27. The molecule has 2 atom stereocenters. The van der Waals surface area contributed by atoms with Gasteiger partial charge in [-0.1, -0.05) is 13.8 Å². The first-order chi connectivity index (χ1) is 12.7. The zero-order chi connectivity index (χ0) is 19.8. The molecule has 1 fully saturated rings. The minimum Gasteiger partial charge on any atom is -0.479 e. The van der Waals surface area contributed by atoms with Crippen LogP contribution in [0.1, 0.15) is 38.6 Å². The van der Waals surface area contributed by atoms with E-state index in [4.69, 9.17) is 9.15 Å². The van der Waals surface area contributed by atoms with E-state index in [0.717, 1.165) is 5.56 Å². The van der Waals surface area contributed by atoms with Crippen molar-refractivity contribution in [3.05, 3.63) is 28.3 Å². The van der Waals surface area contributed by atoms with Crippen molar-refractivity contribution in [2.75, 3.05) is 6.61 Å². The van der Waals surface area contributed by atoms with E-state index < -0.39 is 22.8 Å². The number of amides is 1. The molecule has 1 amide bonds. The average Bonchev–Trinajstić information content (AvgIpc) is 3.24. The van der Waals surface area contributed by atoms with Crippen molar-refractivity contribution < 1.29 is 23.8 Å². The summed E-state index contributed by atoms with van der Waals surface area (Å²) in [4.78, 5) is 29.0. The Labute approximate surface area is 161 Å². The van der Waals surface area contributed by atoms with Crippen molar-refractivity contribution in [1.29, 1.82) is 0 Å². The van der Waals surface area contributed by atoms with Gasteiger partial charge in [-0.05, 0) is 25.3 Å². The maximum atomic E-state index is 12.6. The van der Waals surface area contributed by atoms with E-state index in [2.05, 4.69) is 10.3 Å². The molecule has 1 aliphatic rings. The van der Waals surface area contributed by atoms with Gasteiger partial charge in [0.1, 0.15) is 11.3 Å². The molecule has 3 rings (SSSR count). The standard InChI is InChI=1S/C19H24N2O5S/c1-5-25-14-9-19(17(23)24,18(14,3)4)21-15(22)8-13-11(2)26-16(20-13)12-6-7-27-10-12/h6-7,10,14H,5,8-9H2,1-4H3,(H,21,22)(H,23,24). The van der Waals surface area contributed by atoms with Crippen molar-refractivity contribution in [1.82, 2.24) is 10.3 Å². The van der Waals surface area contributed by atoms with E-state index in [9.17, 15) is 14.7 Å². The third-order valence-electron chi connectivity index (χ3n) is 5.47. The molecule has 2 aromatic rings. The fraction of sp³-hybridized carbons (Fsp3) is 0.526. The number of ether oxygens (including phenoxy) is 1. The molecule has 8 heteroatoms. The highest BCUT2D eigenvalue weighted by molar-refractivity contribution is 7.08. The Morgan fingerprint density at radius 2 is 2.22 bits per heavy atom. The summed E-state index contributed by atoms with van der Waals surface area (Å²) in [6.45, 7) is 7.73. The fourth-order valence-electron chi connectivity index (χ4n) is 3.57. The van der Waals surface area contributed by atoms with Crippen LogP contribution in [0.25, 0.3) is 11.5 Å². The number of aliphatic carboxylic acids is 1. The molecule has 146 valence electrons. The van der Waals surface area contributed by atoms with Crippen molar-refractivity contribution >= 4 is 23.2 Å². The normalized spacial score (nSPS) is 23.6. The number of carboxylic acid groups (broad SMARTS) is 1. The number of carbonyl (C=O) groups is 2. The van der Waals surface area contributed by atoms with Gasteiger partial charge >= 0.3 is 5.97 Å². The summed E-state index contributed by atoms with van der Waals surface area (Å²) in [5, 5.41) is 16.4. The predicted octanol–water partition coefficient (Wildman–Crippen LogP) is 3.03. The first-order valence-electron chi connectivity index (χ1n) is 8.86. The smallest absolute Gasteiger partial charge is 0.330 e. The molecule has 2 N–H and O–H groups in total. The van der Waals surface area contributed by atoms with Gasteiger partial charge < -0.3 is 19.6 Å². The van der Waals surface area contributed by atoms with Crippen molar-refractivity contribution in [2.24, 2.45) is 5.41 Å². The topological polar surface area (TPSA) is 102 Å². The van der Waals surface area contributed by atoms with Gasteiger partial charge in [0.15, 0.2) is 0 Å². The van der Waals surface area contributed by atoms with Crippen LogP contribution in [0, 0.1) is 12.3 Å². The Hall–Kier alpha value is -2.19. The molecule has 0 bridgehead atoms. The number of thiophene rings is 1. The van der Waals surface area contributed by atoms with Gasteiger partial charge in [-0.3, -0.25) is 4.79 Å². The van der Waals surface area contributed by atoms with Crippen molar-refractivity contribution in [3.63, 3.8) is 0 Å². The van der Waals surface area contributed by atoms with E-state index in [1.165, 1.54) is 11.3 Å². The number of nitrogens with one attached hydrogen (secondary N) is 1. The molecule has 7 nitrogen and oxygen atoms in total. The van der Waals surface area contributed by atoms with E-state index in [-0.39, 0.29) is 18.9 Å². The molecule has 0 aromatic carbocycles. The Morgan fingerprint density at radius 1 is 1.48 bits per heavy atom. The highest BCUT2D eigenvalue weighted by Gasteiger charge is 2.66. The minimum atomic E-state index is -1.35. The summed E-state index contributed by atoms with van der Waals surface area (Å²) in [6.07, 6.45) is -0.00519. The lowest BCUT2D eigenvalue weighted by Crippen LogP contribution is -2.76. The zero-order valence-electron chi connectivity index (χ0n) is 15.9.